The van der Waals surface area contributed by atoms with E-state index in [9.17, 15) is 4.79 Å². The summed E-state index contributed by atoms with van der Waals surface area (Å²) in [5.41, 5.74) is 1.49. The number of amides is 1. The fourth-order valence-corrected chi connectivity index (χ4v) is 3.93. The lowest BCUT2D eigenvalue weighted by Crippen LogP contribution is -2.41. The number of nitrogens with zero attached hydrogens (tertiary/aromatic N) is 1. The van der Waals surface area contributed by atoms with Crippen molar-refractivity contribution >= 4 is 17.2 Å². The van der Waals surface area contributed by atoms with E-state index in [1.165, 1.54) is 19.3 Å². The van der Waals surface area contributed by atoms with Gasteiger partial charge in [-0.2, -0.15) is 0 Å². The van der Waals surface area contributed by atoms with Crippen LogP contribution in [0.5, 0.6) is 11.5 Å². The highest BCUT2D eigenvalue weighted by Gasteiger charge is 2.23. The normalized spacial score (nSPS) is 19.8. The van der Waals surface area contributed by atoms with Crippen molar-refractivity contribution in [3.63, 3.8) is 0 Å². The second-order valence-electron chi connectivity index (χ2n) is 6.85. The van der Waals surface area contributed by atoms with Crippen molar-refractivity contribution in [2.45, 2.75) is 52.2 Å². The summed E-state index contributed by atoms with van der Waals surface area (Å²) in [6.07, 6.45) is 4.67. The first kappa shape index (κ1) is 18.7. The zero-order valence-corrected chi connectivity index (χ0v) is 16.4. The van der Waals surface area contributed by atoms with Crippen LogP contribution in [-0.4, -0.2) is 24.0 Å². The Morgan fingerprint density at radius 1 is 1.31 bits per heavy atom. The third-order valence-corrected chi connectivity index (χ3v) is 5.72. The number of aryl methyl sites for hydroxylation is 1. The second-order valence-corrected chi connectivity index (χ2v) is 7.92. The third-order valence-electron chi connectivity index (χ3n) is 4.90. The summed E-state index contributed by atoms with van der Waals surface area (Å²) in [6.45, 7) is 4.56. The number of rotatable bonds is 6. The van der Waals surface area contributed by atoms with Crippen LogP contribution in [0.3, 0.4) is 0 Å². The van der Waals surface area contributed by atoms with Crippen molar-refractivity contribution < 1.29 is 14.3 Å². The lowest BCUT2D eigenvalue weighted by Gasteiger charge is -2.29. The molecule has 1 aliphatic rings. The Morgan fingerprint density at radius 3 is 2.81 bits per heavy atom. The maximum atomic E-state index is 12.6. The summed E-state index contributed by atoms with van der Waals surface area (Å²) in [6, 6.07) is 5.57. The minimum atomic E-state index is -0.0521. The topological polar surface area (TPSA) is 60.5 Å². The van der Waals surface area contributed by atoms with E-state index >= 15 is 0 Å². The standard InChI is InChI=1S/C20H26N2O3S/c1-13-6-4-5-7-17(13)22-20(23)15-8-9-18(19(10-15)24-3)25-11-16-12-26-14(2)21-16/h8-10,12-13,17H,4-7,11H2,1-3H3,(H,22,23). The largest absolute Gasteiger partial charge is 0.493 e. The summed E-state index contributed by atoms with van der Waals surface area (Å²) in [5.74, 6) is 1.64. The van der Waals surface area contributed by atoms with E-state index in [0.717, 1.165) is 17.1 Å². The van der Waals surface area contributed by atoms with Crippen LogP contribution in [0.4, 0.5) is 0 Å². The Morgan fingerprint density at radius 2 is 2.12 bits per heavy atom. The van der Waals surface area contributed by atoms with Crippen molar-refractivity contribution in [1.29, 1.82) is 0 Å². The predicted molar refractivity (Wildman–Crippen MR) is 103 cm³/mol. The molecule has 0 aliphatic heterocycles. The van der Waals surface area contributed by atoms with Gasteiger partial charge in [-0.1, -0.05) is 19.8 Å². The summed E-state index contributed by atoms with van der Waals surface area (Å²) >= 11 is 1.60. The average molecular weight is 375 g/mol. The third kappa shape index (κ3) is 4.55. The van der Waals surface area contributed by atoms with Crippen molar-refractivity contribution in [2.24, 2.45) is 5.92 Å². The van der Waals surface area contributed by atoms with Gasteiger partial charge >= 0.3 is 0 Å². The number of nitrogens with one attached hydrogen (secondary N) is 1. The van der Waals surface area contributed by atoms with Gasteiger partial charge in [0.15, 0.2) is 11.5 Å². The zero-order valence-electron chi connectivity index (χ0n) is 15.6. The molecule has 0 radical (unpaired) electrons. The first-order chi connectivity index (χ1) is 12.6. The number of hydrogen-bond acceptors (Lipinski definition) is 5. The fraction of sp³-hybridized carbons (Fsp3) is 0.500. The van der Waals surface area contributed by atoms with Crippen LogP contribution in [-0.2, 0) is 6.61 Å². The fourth-order valence-electron chi connectivity index (χ4n) is 3.34. The molecular formula is C20H26N2O3S. The molecule has 2 unspecified atom stereocenters. The Hall–Kier alpha value is -2.08. The lowest BCUT2D eigenvalue weighted by molar-refractivity contribution is 0.0910. The van der Waals surface area contributed by atoms with Gasteiger partial charge in [-0.15, -0.1) is 11.3 Å². The summed E-state index contributed by atoms with van der Waals surface area (Å²) in [4.78, 5) is 17.0. The van der Waals surface area contributed by atoms with Crippen LogP contribution in [0, 0.1) is 12.8 Å². The van der Waals surface area contributed by atoms with E-state index in [4.69, 9.17) is 9.47 Å². The molecule has 26 heavy (non-hydrogen) atoms. The van der Waals surface area contributed by atoms with Gasteiger partial charge in [0.2, 0.25) is 0 Å². The highest BCUT2D eigenvalue weighted by atomic mass is 32.1. The number of benzene rings is 1. The molecule has 1 aromatic carbocycles. The first-order valence-electron chi connectivity index (χ1n) is 9.09. The Kier molecular flexibility index (Phi) is 6.14. The van der Waals surface area contributed by atoms with Gasteiger partial charge in [-0.3, -0.25) is 4.79 Å². The van der Waals surface area contributed by atoms with E-state index in [-0.39, 0.29) is 11.9 Å². The van der Waals surface area contributed by atoms with E-state index in [1.54, 1.807) is 36.6 Å². The summed E-state index contributed by atoms with van der Waals surface area (Å²) < 4.78 is 11.2. The SMILES string of the molecule is COc1cc(C(=O)NC2CCCCC2C)ccc1OCc1csc(C)n1. The van der Waals surface area contributed by atoms with Crippen LogP contribution in [0.1, 0.15) is 53.7 Å². The van der Waals surface area contributed by atoms with Gasteiger partial charge in [0.1, 0.15) is 6.61 Å². The molecule has 2 atom stereocenters. The van der Waals surface area contributed by atoms with Gasteiger partial charge in [-0.25, -0.2) is 4.98 Å². The number of carbonyl (C=O) groups is 1. The molecule has 1 aromatic heterocycles. The maximum Gasteiger partial charge on any atom is 0.251 e. The number of thiazole rings is 1. The van der Waals surface area contributed by atoms with E-state index in [0.29, 0.717) is 29.6 Å². The summed E-state index contributed by atoms with van der Waals surface area (Å²) in [7, 11) is 1.58. The molecule has 1 fully saturated rings. The van der Waals surface area contributed by atoms with Gasteiger partial charge in [0, 0.05) is 17.0 Å². The molecule has 5 nitrogen and oxygen atoms in total. The molecule has 1 saturated carbocycles. The van der Waals surface area contributed by atoms with Crippen LogP contribution in [0.15, 0.2) is 23.6 Å². The van der Waals surface area contributed by atoms with Gasteiger partial charge < -0.3 is 14.8 Å². The molecular weight excluding hydrogens is 348 g/mol. The van der Waals surface area contributed by atoms with Gasteiger partial charge in [0.25, 0.3) is 5.91 Å². The van der Waals surface area contributed by atoms with Crippen molar-refractivity contribution in [1.82, 2.24) is 10.3 Å². The van der Waals surface area contributed by atoms with E-state index < -0.39 is 0 Å². The highest BCUT2D eigenvalue weighted by molar-refractivity contribution is 7.09. The Balaban J connectivity index is 1.66. The number of ether oxygens (including phenoxy) is 2. The maximum absolute atomic E-state index is 12.6. The quantitative estimate of drug-likeness (QED) is 0.817. The van der Waals surface area contributed by atoms with Crippen LogP contribution in [0.25, 0.3) is 0 Å². The van der Waals surface area contributed by atoms with Crippen molar-refractivity contribution in [2.75, 3.05) is 7.11 Å². The minimum Gasteiger partial charge on any atom is -0.493 e. The molecule has 2 aromatic rings. The average Bonchev–Trinajstić information content (AvgIpc) is 3.07. The van der Waals surface area contributed by atoms with Crippen LogP contribution < -0.4 is 14.8 Å². The molecule has 3 rings (SSSR count). The zero-order chi connectivity index (χ0) is 18.5. The molecule has 0 spiro atoms. The van der Waals surface area contributed by atoms with Crippen LogP contribution in [0.2, 0.25) is 0 Å². The molecule has 140 valence electrons. The first-order valence-corrected chi connectivity index (χ1v) is 9.97. The number of methoxy groups -OCH3 is 1. The van der Waals surface area contributed by atoms with E-state index in [1.807, 2.05) is 12.3 Å². The van der Waals surface area contributed by atoms with Gasteiger partial charge in [-0.05, 0) is 43.9 Å². The lowest BCUT2D eigenvalue weighted by atomic mass is 9.86. The number of carbonyl (C=O) groups excluding carboxylic acids is 1. The molecule has 0 bridgehead atoms. The number of aromatic nitrogens is 1. The summed E-state index contributed by atoms with van der Waals surface area (Å²) in [5, 5.41) is 6.17. The molecule has 6 heteroatoms. The number of hydrogen-bond donors (Lipinski definition) is 1. The van der Waals surface area contributed by atoms with Crippen molar-refractivity contribution in [3.05, 3.63) is 39.8 Å². The Labute approximate surface area is 158 Å². The predicted octanol–water partition coefficient (Wildman–Crippen LogP) is 4.35. The Bertz CT molecular complexity index is 759. The molecule has 1 N–H and O–H groups in total. The molecule has 1 heterocycles. The van der Waals surface area contributed by atoms with Crippen LogP contribution >= 0.6 is 11.3 Å². The van der Waals surface area contributed by atoms with Gasteiger partial charge in [0.05, 0.1) is 17.8 Å². The smallest absolute Gasteiger partial charge is 0.251 e. The minimum absolute atomic E-state index is 0.0521. The second kappa shape index (κ2) is 8.54. The van der Waals surface area contributed by atoms with E-state index in [2.05, 4.69) is 17.2 Å². The molecule has 0 saturated heterocycles. The molecule has 1 amide bonds. The van der Waals surface area contributed by atoms with Crippen molar-refractivity contribution in [3.8, 4) is 11.5 Å². The molecule has 1 aliphatic carbocycles. The highest BCUT2D eigenvalue weighted by Crippen LogP contribution is 2.30. The monoisotopic (exact) mass is 374 g/mol.